The zero-order valence-electron chi connectivity index (χ0n) is 5.05. The molecule has 44 valence electrons. The topological polar surface area (TPSA) is 9.23 Å². The summed E-state index contributed by atoms with van der Waals surface area (Å²) in [7, 11) is 0. The summed E-state index contributed by atoms with van der Waals surface area (Å²) in [6.45, 7) is 3.60. The highest BCUT2D eigenvalue weighted by molar-refractivity contribution is 5.16. The zero-order chi connectivity index (χ0) is 5.82. The molecule has 1 heterocycles. The first-order chi connectivity index (χ1) is 3.89. The fourth-order valence-corrected chi connectivity index (χ4v) is 0.629. The molecular formula is C7H10O. The summed E-state index contributed by atoms with van der Waals surface area (Å²) in [5.74, 6) is 0. The predicted molar refractivity (Wildman–Crippen MR) is 33.7 cm³/mol. The Morgan fingerprint density at radius 1 is 1.50 bits per heavy atom. The minimum Gasteiger partial charge on any atom is -0.373 e. The van der Waals surface area contributed by atoms with Gasteiger partial charge in [0, 0.05) is 0 Å². The van der Waals surface area contributed by atoms with E-state index in [1.54, 1.807) is 0 Å². The van der Waals surface area contributed by atoms with E-state index in [2.05, 4.69) is 19.1 Å². The smallest absolute Gasteiger partial charge is 0.0657 e. The SMILES string of the molecule is CC1=CCOCC=C1. The molecule has 0 aliphatic carbocycles. The standard InChI is InChI=1S/C7H10O/c1-7-3-2-5-8-6-4-7/h2-4H,5-6H2,1H3. The second-order valence-electron chi connectivity index (χ2n) is 1.89. The van der Waals surface area contributed by atoms with Crippen molar-refractivity contribution < 1.29 is 4.74 Å². The third-order valence-corrected chi connectivity index (χ3v) is 1.12. The molecule has 0 N–H and O–H groups in total. The minimum absolute atomic E-state index is 0.758. The average molecular weight is 110 g/mol. The molecule has 0 fully saturated rings. The van der Waals surface area contributed by atoms with Gasteiger partial charge in [0.2, 0.25) is 0 Å². The Hall–Kier alpha value is -0.560. The van der Waals surface area contributed by atoms with Crippen LogP contribution >= 0.6 is 0 Å². The quantitative estimate of drug-likeness (QED) is 0.459. The van der Waals surface area contributed by atoms with Crippen LogP contribution in [0.2, 0.25) is 0 Å². The number of rotatable bonds is 0. The molecule has 1 heteroatoms. The summed E-state index contributed by atoms with van der Waals surface area (Å²) in [5.41, 5.74) is 1.29. The van der Waals surface area contributed by atoms with Crippen molar-refractivity contribution in [1.29, 1.82) is 0 Å². The maximum absolute atomic E-state index is 5.10. The van der Waals surface area contributed by atoms with Gasteiger partial charge in [-0.25, -0.2) is 0 Å². The van der Waals surface area contributed by atoms with Gasteiger partial charge in [0.05, 0.1) is 13.2 Å². The van der Waals surface area contributed by atoms with Crippen LogP contribution in [-0.4, -0.2) is 13.2 Å². The number of hydrogen-bond acceptors (Lipinski definition) is 1. The maximum atomic E-state index is 5.10. The molecule has 0 aromatic carbocycles. The minimum atomic E-state index is 0.758. The molecule has 0 bridgehead atoms. The van der Waals surface area contributed by atoms with Gasteiger partial charge in [-0.1, -0.05) is 23.8 Å². The lowest BCUT2D eigenvalue weighted by Gasteiger charge is -1.88. The second kappa shape index (κ2) is 2.68. The van der Waals surface area contributed by atoms with Gasteiger partial charge in [-0.3, -0.25) is 0 Å². The van der Waals surface area contributed by atoms with Gasteiger partial charge < -0.3 is 4.74 Å². The summed E-state index contributed by atoms with van der Waals surface area (Å²) >= 11 is 0. The van der Waals surface area contributed by atoms with Crippen LogP contribution in [0.25, 0.3) is 0 Å². The van der Waals surface area contributed by atoms with Crippen molar-refractivity contribution >= 4 is 0 Å². The summed E-state index contributed by atoms with van der Waals surface area (Å²) in [4.78, 5) is 0. The van der Waals surface area contributed by atoms with E-state index in [4.69, 9.17) is 4.74 Å². The van der Waals surface area contributed by atoms with E-state index in [0.29, 0.717) is 0 Å². The molecule has 0 saturated heterocycles. The Kier molecular flexibility index (Phi) is 1.86. The van der Waals surface area contributed by atoms with Gasteiger partial charge in [-0.2, -0.15) is 0 Å². The maximum Gasteiger partial charge on any atom is 0.0657 e. The molecule has 0 spiro atoms. The third kappa shape index (κ3) is 1.51. The van der Waals surface area contributed by atoms with Crippen LogP contribution in [-0.2, 0) is 4.74 Å². The van der Waals surface area contributed by atoms with Crippen molar-refractivity contribution in [2.75, 3.05) is 13.2 Å². The molecular weight excluding hydrogens is 100 g/mol. The van der Waals surface area contributed by atoms with E-state index >= 15 is 0 Å². The Bertz CT molecular complexity index is 122. The lowest BCUT2D eigenvalue weighted by molar-refractivity contribution is 0.195. The van der Waals surface area contributed by atoms with Crippen molar-refractivity contribution in [3.8, 4) is 0 Å². The lowest BCUT2D eigenvalue weighted by atomic mass is 10.3. The monoisotopic (exact) mass is 110 g/mol. The Morgan fingerprint density at radius 3 is 3.25 bits per heavy atom. The lowest BCUT2D eigenvalue weighted by Crippen LogP contribution is -1.86. The molecule has 0 aromatic heterocycles. The molecule has 0 amide bonds. The fraction of sp³-hybridized carbons (Fsp3) is 0.429. The number of ether oxygens (including phenoxy) is 1. The van der Waals surface area contributed by atoms with Gasteiger partial charge in [0.25, 0.3) is 0 Å². The second-order valence-corrected chi connectivity index (χ2v) is 1.89. The highest BCUT2D eigenvalue weighted by Gasteiger charge is 1.86. The van der Waals surface area contributed by atoms with E-state index in [9.17, 15) is 0 Å². The average Bonchev–Trinajstić information content (AvgIpc) is 1.94. The van der Waals surface area contributed by atoms with E-state index in [-0.39, 0.29) is 0 Å². The van der Waals surface area contributed by atoms with Crippen LogP contribution in [0.3, 0.4) is 0 Å². The Labute approximate surface area is 49.7 Å². The van der Waals surface area contributed by atoms with Gasteiger partial charge in [0.15, 0.2) is 0 Å². The van der Waals surface area contributed by atoms with Crippen molar-refractivity contribution in [3.63, 3.8) is 0 Å². The Morgan fingerprint density at radius 2 is 2.38 bits per heavy atom. The van der Waals surface area contributed by atoms with E-state index in [1.807, 2.05) is 6.08 Å². The molecule has 1 aliphatic heterocycles. The molecule has 0 aromatic rings. The van der Waals surface area contributed by atoms with Gasteiger partial charge in [-0.15, -0.1) is 0 Å². The molecule has 0 radical (unpaired) electrons. The molecule has 1 nitrogen and oxygen atoms in total. The highest BCUT2D eigenvalue weighted by Crippen LogP contribution is 1.98. The van der Waals surface area contributed by atoms with Crippen LogP contribution in [0.15, 0.2) is 23.8 Å². The predicted octanol–water partition coefficient (Wildman–Crippen LogP) is 1.52. The highest BCUT2D eigenvalue weighted by atomic mass is 16.5. The molecule has 0 atom stereocenters. The first-order valence-electron chi connectivity index (χ1n) is 2.80. The Balaban J connectivity index is 2.55. The first kappa shape index (κ1) is 5.57. The van der Waals surface area contributed by atoms with Crippen molar-refractivity contribution in [1.82, 2.24) is 0 Å². The molecule has 1 rings (SSSR count). The van der Waals surface area contributed by atoms with E-state index < -0.39 is 0 Å². The number of hydrogen-bond donors (Lipinski definition) is 0. The third-order valence-electron chi connectivity index (χ3n) is 1.12. The van der Waals surface area contributed by atoms with E-state index in [1.165, 1.54) is 5.57 Å². The van der Waals surface area contributed by atoms with Crippen LogP contribution in [0.4, 0.5) is 0 Å². The zero-order valence-corrected chi connectivity index (χ0v) is 5.05. The number of allylic oxidation sites excluding steroid dienone is 2. The van der Waals surface area contributed by atoms with Crippen LogP contribution in [0, 0.1) is 0 Å². The van der Waals surface area contributed by atoms with Gasteiger partial charge in [-0.05, 0) is 6.92 Å². The van der Waals surface area contributed by atoms with Crippen molar-refractivity contribution in [2.45, 2.75) is 6.92 Å². The fourth-order valence-electron chi connectivity index (χ4n) is 0.629. The normalized spacial score (nSPS) is 19.9. The summed E-state index contributed by atoms with van der Waals surface area (Å²) in [6.07, 6.45) is 6.18. The van der Waals surface area contributed by atoms with Crippen LogP contribution < -0.4 is 0 Å². The largest absolute Gasteiger partial charge is 0.373 e. The van der Waals surface area contributed by atoms with Gasteiger partial charge in [0.1, 0.15) is 0 Å². The molecule has 0 saturated carbocycles. The van der Waals surface area contributed by atoms with Crippen LogP contribution in [0.1, 0.15) is 6.92 Å². The van der Waals surface area contributed by atoms with Crippen molar-refractivity contribution in [2.24, 2.45) is 0 Å². The summed E-state index contributed by atoms with van der Waals surface area (Å²) in [6, 6.07) is 0. The van der Waals surface area contributed by atoms with Gasteiger partial charge >= 0.3 is 0 Å². The molecule has 0 unspecified atom stereocenters. The molecule has 1 aliphatic rings. The van der Waals surface area contributed by atoms with E-state index in [0.717, 1.165) is 13.2 Å². The first-order valence-corrected chi connectivity index (χ1v) is 2.80. The summed E-state index contributed by atoms with van der Waals surface area (Å²) < 4.78 is 5.10. The summed E-state index contributed by atoms with van der Waals surface area (Å²) in [5, 5.41) is 0. The van der Waals surface area contributed by atoms with Crippen molar-refractivity contribution in [3.05, 3.63) is 23.8 Å². The van der Waals surface area contributed by atoms with Crippen LogP contribution in [0.5, 0.6) is 0 Å². The molecule has 8 heavy (non-hydrogen) atoms.